The van der Waals surface area contributed by atoms with Gasteiger partial charge >= 0.3 is 0 Å². The number of halogens is 1. The fourth-order valence-corrected chi connectivity index (χ4v) is 4.56. The third-order valence-electron chi connectivity index (χ3n) is 5.80. The van der Waals surface area contributed by atoms with Crippen LogP contribution in [0.2, 0.25) is 0 Å². The van der Waals surface area contributed by atoms with Crippen molar-refractivity contribution in [3.63, 3.8) is 0 Å². The van der Waals surface area contributed by atoms with Gasteiger partial charge in [0.15, 0.2) is 0 Å². The molecule has 1 aromatic heterocycles. The molecule has 1 N–H and O–H groups in total. The Labute approximate surface area is 180 Å². The van der Waals surface area contributed by atoms with Gasteiger partial charge in [0.05, 0.1) is 11.6 Å². The van der Waals surface area contributed by atoms with Gasteiger partial charge in [-0.2, -0.15) is 0 Å². The highest BCUT2D eigenvalue weighted by Crippen LogP contribution is 2.30. The maximum atomic E-state index is 13.4. The number of ether oxygens (including phenoxy) is 1. The molecule has 0 saturated heterocycles. The lowest BCUT2D eigenvalue weighted by Gasteiger charge is -2.21. The monoisotopic (exact) mass is 460 g/mol. The van der Waals surface area contributed by atoms with Gasteiger partial charge in [0.1, 0.15) is 11.3 Å². The van der Waals surface area contributed by atoms with Crippen molar-refractivity contribution < 1.29 is 9.53 Å². The highest BCUT2D eigenvalue weighted by atomic mass is 79.9. The van der Waals surface area contributed by atoms with Gasteiger partial charge in [-0.05, 0) is 78.2 Å². The van der Waals surface area contributed by atoms with Crippen molar-refractivity contribution in [2.45, 2.75) is 65.8 Å². The predicted molar refractivity (Wildman–Crippen MR) is 120 cm³/mol. The number of pyridine rings is 1. The van der Waals surface area contributed by atoms with Gasteiger partial charge in [-0.1, -0.05) is 20.3 Å². The number of aromatic nitrogens is 1. The lowest BCUT2D eigenvalue weighted by atomic mass is 10.0. The standard InChI is InChI=1S/C23H29BrN2O3/c1-5-15-12-17(29-4)13-16(6-2)21(15)25-23(28)19-18-10-8-7-9-11-26(18)14(3)20(24)22(19)27/h12-13H,5-11H2,1-4H3,(H,25,28). The molecule has 1 aliphatic rings. The second-order valence-electron chi connectivity index (χ2n) is 7.49. The number of nitrogens with one attached hydrogen (secondary N) is 1. The molecule has 0 unspecified atom stereocenters. The highest BCUT2D eigenvalue weighted by Gasteiger charge is 2.25. The third-order valence-corrected chi connectivity index (χ3v) is 6.73. The molecule has 0 spiro atoms. The third kappa shape index (κ3) is 4.13. The summed E-state index contributed by atoms with van der Waals surface area (Å²) >= 11 is 3.43. The van der Waals surface area contributed by atoms with Crippen LogP contribution >= 0.6 is 15.9 Å². The number of rotatable bonds is 5. The molecule has 1 amide bonds. The van der Waals surface area contributed by atoms with Crippen LogP contribution in [-0.2, 0) is 25.8 Å². The summed E-state index contributed by atoms with van der Waals surface area (Å²) in [5.41, 5.74) is 4.61. The van der Waals surface area contributed by atoms with Crippen LogP contribution in [0.3, 0.4) is 0 Å². The quantitative estimate of drug-likeness (QED) is 0.680. The van der Waals surface area contributed by atoms with Crippen molar-refractivity contribution in [3.8, 4) is 5.75 Å². The van der Waals surface area contributed by atoms with E-state index in [4.69, 9.17) is 4.74 Å². The first kappa shape index (κ1) is 21.6. The molecule has 0 saturated carbocycles. The van der Waals surface area contributed by atoms with E-state index in [2.05, 4.69) is 25.8 Å². The Morgan fingerprint density at radius 1 is 1.17 bits per heavy atom. The van der Waals surface area contributed by atoms with Crippen molar-refractivity contribution in [2.24, 2.45) is 0 Å². The second-order valence-corrected chi connectivity index (χ2v) is 8.29. The van der Waals surface area contributed by atoms with Crippen LogP contribution in [0.25, 0.3) is 0 Å². The topological polar surface area (TPSA) is 60.3 Å². The van der Waals surface area contributed by atoms with Crippen LogP contribution in [0, 0.1) is 6.92 Å². The minimum absolute atomic E-state index is 0.224. The summed E-state index contributed by atoms with van der Waals surface area (Å²) in [5.74, 6) is 0.458. The van der Waals surface area contributed by atoms with E-state index >= 15 is 0 Å². The van der Waals surface area contributed by atoms with Crippen LogP contribution in [0.5, 0.6) is 5.75 Å². The molecule has 29 heavy (non-hydrogen) atoms. The zero-order valence-corrected chi connectivity index (χ0v) is 19.2. The number of amides is 1. The average molecular weight is 461 g/mol. The predicted octanol–water partition coefficient (Wildman–Crippen LogP) is 5.03. The van der Waals surface area contributed by atoms with Gasteiger partial charge < -0.3 is 14.6 Å². The number of benzene rings is 1. The van der Waals surface area contributed by atoms with Crippen molar-refractivity contribution in [1.29, 1.82) is 0 Å². The van der Waals surface area contributed by atoms with E-state index in [1.165, 1.54) is 0 Å². The van der Waals surface area contributed by atoms with Crippen LogP contribution in [0.15, 0.2) is 21.4 Å². The van der Waals surface area contributed by atoms with Gasteiger partial charge in [0, 0.05) is 23.6 Å². The molecule has 6 heteroatoms. The fourth-order valence-electron chi connectivity index (χ4n) is 4.14. The van der Waals surface area contributed by atoms with E-state index in [1.807, 2.05) is 32.9 Å². The summed E-state index contributed by atoms with van der Waals surface area (Å²) in [6.45, 7) is 6.87. The number of carbonyl (C=O) groups is 1. The van der Waals surface area contributed by atoms with Gasteiger partial charge in [0.25, 0.3) is 5.91 Å². The summed E-state index contributed by atoms with van der Waals surface area (Å²) in [6.07, 6.45) is 5.41. The van der Waals surface area contributed by atoms with Crippen LogP contribution in [-0.4, -0.2) is 17.6 Å². The Kier molecular flexibility index (Phi) is 6.83. The fraction of sp³-hybridized carbons (Fsp3) is 0.478. The SMILES string of the molecule is CCc1cc(OC)cc(CC)c1NC(=O)c1c2n(c(C)c(Br)c1=O)CCCCC2. The van der Waals surface area contributed by atoms with Gasteiger partial charge in [-0.15, -0.1) is 0 Å². The first-order chi connectivity index (χ1) is 13.9. The average Bonchev–Trinajstić information content (AvgIpc) is 2.98. The highest BCUT2D eigenvalue weighted by molar-refractivity contribution is 9.10. The number of aryl methyl sites for hydroxylation is 2. The first-order valence-electron chi connectivity index (χ1n) is 10.4. The summed E-state index contributed by atoms with van der Waals surface area (Å²) in [4.78, 5) is 26.5. The maximum Gasteiger partial charge on any atom is 0.261 e. The van der Waals surface area contributed by atoms with Crippen LogP contribution < -0.4 is 15.5 Å². The maximum absolute atomic E-state index is 13.4. The molecule has 0 bridgehead atoms. The molecule has 0 aliphatic carbocycles. The van der Waals surface area contributed by atoms with Crippen LogP contribution in [0.4, 0.5) is 5.69 Å². The molecule has 0 atom stereocenters. The molecule has 2 heterocycles. The minimum Gasteiger partial charge on any atom is -0.497 e. The summed E-state index contributed by atoms with van der Waals surface area (Å²) < 4.78 is 8.03. The van der Waals surface area contributed by atoms with E-state index in [9.17, 15) is 9.59 Å². The van der Waals surface area contributed by atoms with E-state index in [-0.39, 0.29) is 16.9 Å². The molecule has 5 nitrogen and oxygen atoms in total. The Hall–Kier alpha value is -2.08. The van der Waals surface area contributed by atoms with Crippen LogP contribution in [0.1, 0.15) is 66.0 Å². The summed E-state index contributed by atoms with van der Waals surface area (Å²) in [5, 5.41) is 3.08. The molecule has 2 aromatic rings. The lowest BCUT2D eigenvalue weighted by molar-refractivity contribution is 0.102. The minimum atomic E-state index is -0.323. The molecule has 3 rings (SSSR count). The Balaban J connectivity index is 2.12. The Bertz CT molecular complexity index is 970. The first-order valence-corrected chi connectivity index (χ1v) is 11.1. The molecule has 1 aliphatic heterocycles. The Morgan fingerprint density at radius 2 is 1.83 bits per heavy atom. The number of anilines is 1. The van der Waals surface area contributed by atoms with Gasteiger partial charge in [-0.3, -0.25) is 9.59 Å². The number of methoxy groups -OCH3 is 1. The number of hydrogen-bond donors (Lipinski definition) is 1. The molecular formula is C23H29BrN2O3. The zero-order chi connectivity index (χ0) is 21.1. The lowest BCUT2D eigenvalue weighted by Crippen LogP contribution is -2.29. The van der Waals surface area contributed by atoms with E-state index in [0.29, 0.717) is 4.47 Å². The summed E-state index contributed by atoms with van der Waals surface area (Å²) in [7, 11) is 1.65. The van der Waals surface area contributed by atoms with Crippen molar-refractivity contribution in [2.75, 3.05) is 12.4 Å². The Morgan fingerprint density at radius 3 is 2.41 bits per heavy atom. The van der Waals surface area contributed by atoms with Crippen molar-refractivity contribution in [1.82, 2.24) is 4.57 Å². The van der Waals surface area contributed by atoms with E-state index < -0.39 is 0 Å². The molecule has 0 radical (unpaired) electrons. The second kappa shape index (κ2) is 9.16. The normalized spacial score (nSPS) is 13.6. The van der Waals surface area contributed by atoms with Gasteiger partial charge in [0.2, 0.25) is 5.43 Å². The largest absolute Gasteiger partial charge is 0.497 e. The summed E-state index contributed by atoms with van der Waals surface area (Å²) in [6, 6.07) is 3.90. The van der Waals surface area contributed by atoms with E-state index in [0.717, 1.165) is 79.0 Å². The number of hydrogen-bond acceptors (Lipinski definition) is 3. The molecule has 1 aromatic carbocycles. The number of carbonyl (C=O) groups excluding carboxylic acids is 1. The van der Waals surface area contributed by atoms with Crippen molar-refractivity contribution >= 4 is 27.5 Å². The number of nitrogens with zero attached hydrogens (tertiary/aromatic N) is 1. The zero-order valence-electron chi connectivity index (χ0n) is 17.7. The smallest absolute Gasteiger partial charge is 0.261 e. The van der Waals surface area contributed by atoms with Gasteiger partial charge in [-0.25, -0.2) is 0 Å². The number of fused-ring (bicyclic) bond motifs is 1. The van der Waals surface area contributed by atoms with Crippen molar-refractivity contribution in [3.05, 3.63) is 54.9 Å². The molecule has 0 fully saturated rings. The molecular weight excluding hydrogens is 432 g/mol. The van der Waals surface area contributed by atoms with E-state index in [1.54, 1.807) is 7.11 Å². The molecule has 156 valence electrons.